The van der Waals surface area contributed by atoms with E-state index in [-0.39, 0.29) is 11.9 Å². The summed E-state index contributed by atoms with van der Waals surface area (Å²) in [6, 6.07) is 10.4. The number of benzene rings is 1. The molecular formula is C15H23N3O. The largest absolute Gasteiger partial charge is 0.344 e. The molecule has 1 fully saturated rings. The maximum absolute atomic E-state index is 12.3. The zero-order chi connectivity index (χ0) is 13.8. The summed E-state index contributed by atoms with van der Waals surface area (Å²) in [6.45, 7) is 4.14. The smallest absolute Gasteiger partial charge is 0.241 e. The van der Waals surface area contributed by atoms with E-state index in [4.69, 9.17) is 5.73 Å². The fourth-order valence-corrected chi connectivity index (χ4v) is 2.66. The van der Waals surface area contributed by atoms with Crippen molar-refractivity contribution in [1.82, 2.24) is 9.80 Å². The second-order valence-electron chi connectivity index (χ2n) is 5.31. The van der Waals surface area contributed by atoms with Crippen LogP contribution in [0.3, 0.4) is 0 Å². The molecule has 0 aliphatic carbocycles. The third-order valence-electron chi connectivity index (χ3n) is 3.94. The minimum Gasteiger partial charge on any atom is -0.344 e. The highest BCUT2D eigenvalue weighted by molar-refractivity contribution is 5.82. The Morgan fingerprint density at radius 1 is 1.32 bits per heavy atom. The van der Waals surface area contributed by atoms with Crippen LogP contribution in [0.5, 0.6) is 0 Å². The number of carbonyl (C=O) groups is 1. The van der Waals surface area contributed by atoms with Crippen LogP contribution < -0.4 is 5.73 Å². The van der Waals surface area contributed by atoms with E-state index in [9.17, 15) is 4.79 Å². The molecule has 1 amide bonds. The minimum absolute atomic E-state index is 0.141. The van der Waals surface area contributed by atoms with Gasteiger partial charge in [-0.05, 0) is 18.9 Å². The van der Waals surface area contributed by atoms with Gasteiger partial charge in [0.15, 0.2) is 0 Å². The van der Waals surface area contributed by atoms with Crippen molar-refractivity contribution in [2.45, 2.75) is 32.0 Å². The number of carbonyl (C=O) groups excluding carboxylic acids is 1. The molecule has 1 saturated heterocycles. The van der Waals surface area contributed by atoms with Crippen molar-refractivity contribution in [2.24, 2.45) is 5.73 Å². The molecule has 4 nitrogen and oxygen atoms in total. The van der Waals surface area contributed by atoms with Crippen LogP contribution in [-0.4, -0.2) is 47.9 Å². The summed E-state index contributed by atoms with van der Waals surface area (Å²) in [6.07, 6.45) is 0.992. The molecule has 2 N–H and O–H groups in total. The van der Waals surface area contributed by atoms with Gasteiger partial charge in [0.2, 0.25) is 5.91 Å². The zero-order valence-electron chi connectivity index (χ0n) is 11.7. The Labute approximate surface area is 115 Å². The van der Waals surface area contributed by atoms with Crippen molar-refractivity contribution in [3.8, 4) is 0 Å². The van der Waals surface area contributed by atoms with E-state index < -0.39 is 0 Å². The molecule has 1 aromatic rings. The van der Waals surface area contributed by atoms with Gasteiger partial charge in [-0.3, -0.25) is 9.69 Å². The van der Waals surface area contributed by atoms with E-state index in [1.807, 2.05) is 25.2 Å². The fourth-order valence-electron chi connectivity index (χ4n) is 2.66. The van der Waals surface area contributed by atoms with Crippen LogP contribution >= 0.6 is 0 Å². The summed E-state index contributed by atoms with van der Waals surface area (Å²) in [7, 11) is 1.86. The van der Waals surface area contributed by atoms with E-state index in [1.165, 1.54) is 5.56 Å². The van der Waals surface area contributed by atoms with Crippen LogP contribution in [0.25, 0.3) is 0 Å². The lowest BCUT2D eigenvalue weighted by atomic mass is 10.1. The van der Waals surface area contributed by atoms with Crippen LogP contribution in [0.2, 0.25) is 0 Å². The standard InChI is InChI=1S/C15H23N3O/c1-12-8-9-17(2)15(19)14(10-16)18(12)11-13-6-4-3-5-7-13/h3-7,12,14H,8-11,16H2,1-2H3. The number of likely N-dealkylation sites (N-methyl/N-ethyl adjacent to an activating group) is 1. The first-order valence-electron chi connectivity index (χ1n) is 6.88. The van der Waals surface area contributed by atoms with Crippen molar-refractivity contribution in [3.63, 3.8) is 0 Å². The second-order valence-corrected chi connectivity index (χ2v) is 5.31. The van der Waals surface area contributed by atoms with Gasteiger partial charge in [0, 0.05) is 32.7 Å². The van der Waals surface area contributed by atoms with Crippen molar-refractivity contribution in [2.75, 3.05) is 20.1 Å². The van der Waals surface area contributed by atoms with E-state index >= 15 is 0 Å². The number of hydrogen-bond acceptors (Lipinski definition) is 3. The third kappa shape index (κ3) is 3.14. The van der Waals surface area contributed by atoms with Gasteiger partial charge >= 0.3 is 0 Å². The summed E-state index contributed by atoms with van der Waals surface area (Å²) >= 11 is 0. The van der Waals surface area contributed by atoms with Gasteiger partial charge < -0.3 is 10.6 Å². The lowest BCUT2D eigenvalue weighted by Crippen LogP contribution is -2.50. The van der Waals surface area contributed by atoms with Crippen LogP contribution in [-0.2, 0) is 11.3 Å². The number of rotatable bonds is 3. The predicted octanol–water partition coefficient (Wildman–Crippen LogP) is 1.07. The first-order chi connectivity index (χ1) is 9.13. The number of hydrogen-bond donors (Lipinski definition) is 1. The molecule has 1 aliphatic heterocycles. The highest BCUT2D eigenvalue weighted by Gasteiger charge is 2.33. The van der Waals surface area contributed by atoms with Crippen LogP contribution in [0.1, 0.15) is 18.9 Å². The summed E-state index contributed by atoms with van der Waals surface area (Å²) in [5.74, 6) is 0.141. The quantitative estimate of drug-likeness (QED) is 0.885. The normalized spacial score (nSPS) is 25.4. The average molecular weight is 261 g/mol. The monoisotopic (exact) mass is 261 g/mol. The second kappa shape index (κ2) is 6.17. The van der Waals surface area contributed by atoms with Gasteiger partial charge in [0.25, 0.3) is 0 Å². The molecule has 1 aliphatic rings. The lowest BCUT2D eigenvalue weighted by molar-refractivity contribution is -0.134. The molecule has 2 unspecified atom stereocenters. The van der Waals surface area contributed by atoms with Crippen LogP contribution in [0, 0.1) is 0 Å². The van der Waals surface area contributed by atoms with Crippen molar-refractivity contribution in [1.29, 1.82) is 0 Å². The molecule has 0 bridgehead atoms. The maximum atomic E-state index is 12.3. The van der Waals surface area contributed by atoms with Crippen molar-refractivity contribution >= 4 is 5.91 Å². The molecular weight excluding hydrogens is 238 g/mol. The van der Waals surface area contributed by atoms with Gasteiger partial charge in [-0.2, -0.15) is 0 Å². The first kappa shape index (κ1) is 14.0. The summed E-state index contributed by atoms with van der Waals surface area (Å²) < 4.78 is 0. The van der Waals surface area contributed by atoms with E-state index in [0.717, 1.165) is 19.5 Å². The van der Waals surface area contributed by atoms with E-state index in [0.29, 0.717) is 12.6 Å². The van der Waals surface area contributed by atoms with Crippen molar-refractivity contribution < 1.29 is 4.79 Å². The van der Waals surface area contributed by atoms with E-state index in [2.05, 4.69) is 24.0 Å². The Hall–Kier alpha value is -1.39. The maximum Gasteiger partial charge on any atom is 0.241 e. The van der Waals surface area contributed by atoms with Gasteiger partial charge in [-0.1, -0.05) is 30.3 Å². The molecule has 1 heterocycles. The topological polar surface area (TPSA) is 49.6 Å². The molecule has 104 valence electrons. The summed E-state index contributed by atoms with van der Waals surface area (Å²) in [5, 5.41) is 0. The fraction of sp³-hybridized carbons (Fsp3) is 0.533. The Balaban J connectivity index is 2.21. The Morgan fingerprint density at radius 3 is 2.63 bits per heavy atom. The molecule has 2 rings (SSSR count). The molecule has 0 radical (unpaired) electrons. The zero-order valence-corrected chi connectivity index (χ0v) is 11.7. The molecule has 2 atom stereocenters. The lowest BCUT2D eigenvalue weighted by Gasteiger charge is -2.32. The molecule has 0 aromatic heterocycles. The Kier molecular flexibility index (Phi) is 4.56. The molecule has 1 aromatic carbocycles. The Bertz CT molecular complexity index is 421. The van der Waals surface area contributed by atoms with E-state index in [1.54, 1.807) is 4.90 Å². The van der Waals surface area contributed by atoms with Gasteiger partial charge in [-0.15, -0.1) is 0 Å². The van der Waals surface area contributed by atoms with Crippen molar-refractivity contribution in [3.05, 3.63) is 35.9 Å². The number of nitrogens with zero attached hydrogens (tertiary/aromatic N) is 2. The molecule has 0 saturated carbocycles. The first-order valence-corrected chi connectivity index (χ1v) is 6.88. The van der Waals surface area contributed by atoms with Gasteiger partial charge in [0.05, 0.1) is 0 Å². The average Bonchev–Trinajstić information content (AvgIpc) is 2.53. The highest BCUT2D eigenvalue weighted by Crippen LogP contribution is 2.19. The highest BCUT2D eigenvalue weighted by atomic mass is 16.2. The number of nitrogens with two attached hydrogens (primary N) is 1. The molecule has 19 heavy (non-hydrogen) atoms. The van der Waals surface area contributed by atoms with Gasteiger partial charge in [-0.25, -0.2) is 0 Å². The molecule has 0 spiro atoms. The van der Waals surface area contributed by atoms with Crippen LogP contribution in [0.15, 0.2) is 30.3 Å². The summed E-state index contributed by atoms with van der Waals surface area (Å²) in [5.41, 5.74) is 7.07. The summed E-state index contributed by atoms with van der Waals surface area (Å²) in [4.78, 5) is 16.4. The number of amides is 1. The Morgan fingerprint density at radius 2 is 2.00 bits per heavy atom. The minimum atomic E-state index is -0.206. The molecule has 4 heteroatoms. The SMILES string of the molecule is CC1CCN(C)C(=O)C(CN)N1Cc1ccccc1. The third-order valence-corrected chi connectivity index (χ3v) is 3.94. The van der Waals surface area contributed by atoms with Crippen LogP contribution in [0.4, 0.5) is 0 Å². The van der Waals surface area contributed by atoms with Gasteiger partial charge in [0.1, 0.15) is 6.04 Å². The predicted molar refractivity (Wildman–Crippen MR) is 76.5 cm³/mol.